The first-order chi connectivity index (χ1) is 60.0. The Morgan fingerprint density at radius 2 is 0.984 bits per heavy atom. The number of amides is 1. The number of carbonyl (C=O) groups is 2. The molecule has 4 unspecified atom stereocenters. The van der Waals surface area contributed by atoms with Crippen LogP contribution in [0.2, 0.25) is 36.3 Å². The largest absolute Gasteiger partial charge is 0.789 e. The Morgan fingerprint density at radius 1 is 0.605 bits per heavy atom. The number of imidazole rings is 4. The van der Waals surface area contributed by atoms with Crippen molar-refractivity contribution in [2.45, 2.75) is 225 Å². The molecule has 47 nitrogen and oxygen atoms in total. The zero-order valence-electron chi connectivity index (χ0n) is 73.7. The lowest BCUT2D eigenvalue weighted by Crippen LogP contribution is -2.53. The molecule has 0 spiro atoms. The highest BCUT2D eigenvalue weighted by Crippen LogP contribution is 2.56. The summed E-state index contributed by atoms with van der Waals surface area (Å²) in [6, 6.07) is -1.28. The summed E-state index contributed by atoms with van der Waals surface area (Å²) >= 11 is 23.6. The molecule has 0 saturated carbocycles. The zero-order chi connectivity index (χ0) is 94.2. The summed E-state index contributed by atoms with van der Waals surface area (Å²) in [5.74, 6) is -2.35. The van der Waals surface area contributed by atoms with Crippen molar-refractivity contribution < 1.29 is 74.0 Å². The number of nitrogens with one attached hydrogen (secondary N) is 9. The minimum absolute atomic E-state index is 0. The van der Waals surface area contributed by atoms with Crippen molar-refractivity contribution in [2.75, 3.05) is 77.1 Å². The van der Waals surface area contributed by atoms with E-state index in [1.54, 1.807) is 43.8 Å². The number of H-pyrrole nitrogens is 4. The lowest BCUT2D eigenvalue weighted by atomic mass is 10.00. The SMILES string of the molecule is C.CN.CN.C[C@@H]1[C@@H]2NP([O-])(=S)OC[C@H]3O[C@@H](n4cnc5c(=O)[nH]c(N)nc54)[C@H](O[Si](C)(C)C(C)(C)C)[C@@H]3NP(=O)([S-])OC[C@H]2O[C@H]1n1cnc2c(=O)[nH]c(N)nc21.[C-]#[N+]CCOP1(=S)N[C@H]2[C@@H](C)[C@H](n3cnc4c(=O)[nH]c(CC(=O)C(C)C)nc43)O[C@@H]2COP(=S)(OCCC#N)N[C@H]2[C@@H](O[Si](C)(C)C(C)(C)C)[C@H](n3cnc4c(=O)[nH]c(NC(=O)C(C)C)nc43)O[C@@H]2CO1. The average molecular weight is 1990 g/mol. The fraction of sp³-hybridized carbons (Fsp3) is 0.667. The summed E-state index contributed by atoms with van der Waals surface area (Å²) in [4.78, 5) is 140. The maximum atomic E-state index is 14.2. The Morgan fingerprint density at radius 3 is 1.43 bits per heavy atom. The number of ether oxygens (including phenoxy) is 4. The van der Waals surface area contributed by atoms with Crippen molar-refractivity contribution in [3.63, 3.8) is 0 Å². The molecule has 0 aromatic carbocycles. The van der Waals surface area contributed by atoms with Crippen LogP contribution in [0, 0.1) is 41.6 Å². The van der Waals surface area contributed by atoms with Crippen molar-refractivity contribution in [3.8, 4) is 6.07 Å². The van der Waals surface area contributed by atoms with Gasteiger partial charge in [-0.05, 0) is 74.0 Å². The van der Waals surface area contributed by atoms with E-state index in [0.717, 1.165) is 0 Å². The Kier molecular flexibility index (Phi) is 33.7. The van der Waals surface area contributed by atoms with Crippen molar-refractivity contribution in [2.24, 2.45) is 35.1 Å². The van der Waals surface area contributed by atoms with Gasteiger partial charge in [-0.2, -0.15) is 20.2 Å². The van der Waals surface area contributed by atoms with Gasteiger partial charge >= 0.3 is 0 Å². The number of aromatic amines is 4. The normalized spacial score (nSPS) is 30.0. The molecule has 14 rings (SSSR count). The predicted molar refractivity (Wildman–Crippen MR) is 496 cm³/mol. The Bertz CT molecular complexity index is 5930. The number of Topliss-reactive ketones (excluding diaryl/α,β-unsaturated/α-hetero) is 1. The third-order valence-electron chi connectivity index (χ3n) is 23.1. The highest BCUT2D eigenvalue weighted by molar-refractivity contribution is 8.33. The molecule has 129 heavy (non-hydrogen) atoms. The second-order valence-electron chi connectivity index (χ2n) is 34.5. The van der Waals surface area contributed by atoms with Gasteiger partial charge in [-0.3, -0.25) is 77.5 Å². The smallest absolute Gasteiger partial charge is 0.280 e. The molecule has 712 valence electrons. The molecule has 6 aliphatic rings. The van der Waals surface area contributed by atoms with Crippen LogP contribution in [0.15, 0.2) is 44.5 Å². The van der Waals surface area contributed by atoms with Gasteiger partial charge in [0.2, 0.25) is 30.3 Å². The van der Waals surface area contributed by atoms with Crippen molar-refractivity contribution in [1.82, 2.24) is 98.4 Å². The van der Waals surface area contributed by atoms with Crippen LogP contribution in [-0.2, 0) is 123 Å². The van der Waals surface area contributed by atoms with E-state index in [0.29, 0.717) is 0 Å². The molecular formula is C72H115N27O20P4S4Si2-2. The molecule has 6 saturated heterocycles. The maximum Gasteiger partial charge on any atom is 0.280 e. The van der Waals surface area contributed by atoms with Crippen LogP contribution in [-0.4, -0.2) is 227 Å². The van der Waals surface area contributed by atoms with Gasteiger partial charge in [-0.25, -0.2) is 41.7 Å². The van der Waals surface area contributed by atoms with Gasteiger partial charge in [0, 0.05) is 29.7 Å². The molecule has 0 aliphatic carbocycles. The van der Waals surface area contributed by atoms with Gasteiger partial charge in [0.25, 0.3) is 35.5 Å². The van der Waals surface area contributed by atoms with Crippen LogP contribution in [0.4, 0.5) is 17.8 Å². The number of rotatable bonds is 19. The fourth-order valence-electron chi connectivity index (χ4n) is 14.4. The van der Waals surface area contributed by atoms with E-state index in [4.69, 9.17) is 121 Å². The molecule has 0 bridgehead atoms. The minimum atomic E-state index is -4.13. The molecule has 1 amide bonds. The summed E-state index contributed by atoms with van der Waals surface area (Å²) in [5, 5.41) is 24.5. The third-order valence-corrected chi connectivity index (χ3v) is 40.7. The van der Waals surface area contributed by atoms with Crippen molar-refractivity contribution >= 4 is 165 Å². The number of hydrogen-bond acceptors (Lipinski definition) is 37. The topological polar surface area (TPSA) is 632 Å². The van der Waals surface area contributed by atoms with E-state index < -0.39 is 169 Å². The predicted octanol–water partition coefficient (Wildman–Crippen LogP) is 4.94. The van der Waals surface area contributed by atoms with Crippen molar-refractivity contribution in [1.29, 1.82) is 5.26 Å². The number of nitrogen functional groups attached to an aromatic ring is 2. The second kappa shape index (κ2) is 41.7. The molecule has 20 atom stereocenters. The summed E-state index contributed by atoms with van der Waals surface area (Å²) < 4.78 is 99.1. The van der Waals surface area contributed by atoms with E-state index >= 15 is 0 Å². The average Bonchev–Trinajstić information content (AvgIpc) is 1.57. The number of nitriles is 1. The van der Waals surface area contributed by atoms with Crippen LogP contribution >= 0.6 is 26.6 Å². The number of carbonyl (C=O) groups excluding carboxylic acids is 2. The fourth-order valence-corrected chi connectivity index (χ4v) is 25.1. The second-order valence-corrected chi connectivity index (χ2v) is 56.3. The van der Waals surface area contributed by atoms with Gasteiger partial charge in [-0.15, -0.1) is 0 Å². The third kappa shape index (κ3) is 23.1. The molecule has 0 radical (unpaired) electrons. The summed E-state index contributed by atoms with van der Waals surface area (Å²) in [7, 11) is -2.40. The summed E-state index contributed by atoms with van der Waals surface area (Å²) in [6.07, 6.45) is -3.91. The number of aromatic nitrogens is 16. The molecule has 6 aliphatic heterocycles. The first-order valence-electron chi connectivity index (χ1n) is 40.9. The highest BCUT2D eigenvalue weighted by Gasteiger charge is 2.57. The summed E-state index contributed by atoms with van der Waals surface area (Å²) in [6.45, 7) is 21.9. The number of nitrogens with two attached hydrogens (primary N) is 4. The molecule has 8 aromatic heterocycles. The maximum absolute atomic E-state index is 14.2. The van der Waals surface area contributed by atoms with Crippen LogP contribution in [0.1, 0.15) is 128 Å². The van der Waals surface area contributed by atoms with E-state index in [2.05, 4.69) is 162 Å². The molecule has 57 heteroatoms. The van der Waals surface area contributed by atoms with Crippen LogP contribution in [0.25, 0.3) is 49.5 Å². The molecule has 17 N–H and O–H groups in total. The molecule has 6 fully saturated rings. The monoisotopic (exact) mass is 1990 g/mol. The number of ketones is 1. The van der Waals surface area contributed by atoms with Gasteiger partial charge < -0.3 is 109 Å². The lowest BCUT2D eigenvalue weighted by Gasteiger charge is -2.42. The molecule has 8 aromatic rings. The minimum Gasteiger partial charge on any atom is -0.789 e. The Hall–Kier alpha value is -6.68. The van der Waals surface area contributed by atoms with Crippen LogP contribution in [0.3, 0.4) is 0 Å². The van der Waals surface area contributed by atoms with Crippen LogP contribution in [0.5, 0.6) is 0 Å². The van der Waals surface area contributed by atoms with Gasteiger partial charge in [0.05, 0.1) is 108 Å². The van der Waals surface area contributed by atoms with Gasteiger partial charge in [0.15, 0.2) is 73.7 Å². The van der Waals surface area contributed by atoms with Gasteiger partial charge in [-0.1, -0.05) is 102 Å². The highest BCUT2D eigenvalue weighted by atomic mass is 32.7. The first-order valence-corrected chi connectivity index (χ1v) is 57.2. The number of fused-ring (bicyclic) bond motifs is 8. The number of nitrogens with zero attached hydrogens (tertiary/aromatic N) is 14. The number of anilines is 3. The number of hydrogen-bond donors (Lipinski definition) is 13. The van der Waals surface area contributed by atoms with E-state index in [1.165, 1.54) is 48.5 Å². The van der Waals surface area contributed by atoms with E-state index in [1.807, 2.05) is 20.0 Å². The quantitative estimate of drug-likeness (QED) is 0.0167. The zero-order valence-corrected chi connectivity index (χ0v) is 82.6. The van der Waals surface area contributed by atoms with Crippen molar-refractivity contribution in [3.05, 3.63) is 84.0 Å². The summed E-state index contributed by atoms with van der Waals surface area (Å²) in [5.41, 5.74) is 19.1. The Labute approximate surface area is 765 Å². The molecule has 14 heterocycles. The first kappa shape index (κ1) is 104. The van der Waals surface area contributed by atoms with E-state index in [9.17, 15) is 43.5 Å². The van der Waals surface area contributed by atoms with Crippen LogP contribution < -0.4 is 75.7 Å². The lowest BCUT2D eigenvalue weighted by molar-refractivity contribution is -0.189. The van der Waals surface area contributed by atoms with Gasteiger partial charge in [0.1, 0.15) is 67.9 Å². The Balaban J connectivity index is 0.000000266. The standard InChI is InChI=1S/C42H61N13O11P2S2Si.C27H42N12O9P2S2Si.2CH5N.CH4/c1-22(2)25(56)17-28-47-34-31(37(58)48-28)45-20-54(34)39-24(5)29-26(64-39)18-62-68(70,60-15-12-13-43)53-30-27(19-63-67(69,52-29)61-16-14-44-9)65-40(33(30)66-71(10,11)42(6,7)8)55-21-46-32-35(55)49-41(51-38(32)59)50-36(57)23(3)4;1-11-14-12(46-23(11)38-9-30-16-19(38)32-25(28)34-21(16)40)7-44-50(43,52)37-15-13(8-45-49(42,51)36-14)47-24(18(15)48-53(5,6)27(2,3)4)39-10-31-17-20(39)33-26(29)35-22(17)41;2*1-2;/h20-24,26-27,29-30,33,39-40H,12,14-19H2,1-8,10-11H3,(H,52,69)(H,53,70)(H,47,48,58)(H2,49,50,51,57,59);9-15,18,23-24H,7-8H2,1-6H3,(H2,36,42,51)(H2,37,43,52)(H3,28,32,34,40)(H3,29,33,35,41);2*2H2,1H3;1H4/p-2/t24-,26-,27-,29+,30-,33-,39-,40-,67?,68?;11-,12-,13-,14+,15-,18-,23-,24-,49?,50?;;;/m11.../s1. The molecular weight excluding hydrogens is 1870 g/mol. The van der Waals surface area contributed by atoms with E-state index in [-0.39, 0.29) is 162 Å².